The number of halogens is 2. The van der Waals surface area contributed by atoms with E-state index in [1.54, 1.807) is 17.1 Å². The van der Waals surface area contributed by atoms with E-state index in [9.17, 15) is 13.6 Å². The first kappa shape index (κ1) is 30.8. The molecule has 3 aliphatic rings. The lowest BCUT2D eigenvalue weighted by atomic mass is 9.85. The smallest absolute Gasteiger partial charge is 0.284 e. The van der Waals surface area contributed by atoms with E-state index in [4.69, 9.17) is 4.98 Å². The zero-order valence-electron chi connectivity index (χ0n) is 26.0. The van der Waals surface area contributed by atoms with Crippen molar-refractivity contribution in [2.75, 3.05) is 76.7 Å². The van der Waals surface area contributed by atoms with Crippen LogP contribution in [0.3, 0.4) is 0 Å². The minimum Gasteiger partial charge on any atom is -0.354 e. The Hall–Kier alpha value is -3.16. The average Bonchev–Trinajstić information content (AvgIpc) is 3.66. The van der Waals surface area contributed by atoms with Crippen LogP contribution in [0.25, 0.3) is 5.65 Å². The third kappa shape index (κ3) is 7.21. The zero-order chi connectivity index (χ0) is 30.6. The summed E-state index contributed by atoms with van der Waals surface area (Å²) in [5.74, 6) is 1.68. The molecule has 0 unspecified atom stereocenters. The van der Waals surface area contributed by atoms with Crippen molar-refractivity contribution in [3.05, 3.63) is 35.9 Å². The Kier molecular flexibility index (Phi) is 9.72. The van der Waals surface area contributed by atoms with Gasteiger partial charge in [-0.15, -0.1) is 0 Å². The van der Waals surface area contributed by atoms with Crippen LogP contribution in [0.1, 0.15) is 73.5 Å². The summed E-state index contributed by atoms with van der Waals surface area (Å²) in [6, 6.07) is 1.92. The number of likely N-dealkylation sites (N-methyl/N-ethyl adjacent to an activating group) is 1. The van der Waals surface area contributed by atoms with Crippen LogP contribution < -0.4 is 15.5 Å². The van der Waals surface area contributed by atoms with Gasteiger partial charge < -0.3 is 25.3 Å². The number of piperazine rings is 1. The Morgan fingerprint density at radius 2 is 1.84 bits per heavy atom. The molecule has 0 atom stereocenters. The molecule has 3 aromatic heterocycles. The predicted octanol–water partition coefficient (Wildman–Crippen LogP) is 3.92. The minimum absolute atomic E-state index is 0.0410. The van der Waals surface area contributed by atoms with Crippen molar-refractivity contribution in [3.8, 4) is 0 Å². The van der Waals surface area contributed by atoms with Crippen LogP contribution in [0.4, 0.5) is 20.3 Å². The lowest BCUT2D eigenvalue weighted by molar-refractivity contribution is 0.102. The SMILES string of the molecule is CN1CCN(c2ccn3ncc(C(=O)Nc4cn(C5CCC(CN(C)CCC6CCNCC6)CC5)nc4C(F)F)c3n2)CC1. The second-order valence-corrected chi connectivity index (χ2v) is 13.0. The van der Waals surface area contributed by atoms with Crippen molar-refractivity contribution < 1.29 is 13.6 Å². The fraction of sp³-hybridized carbons (Fsp3) is 0.677. The number of alkyl halides is 2. The van der Waals surface area contributed by atoms with Gasteiger partial charge >= 0.3 is 0 Å². The number of carbonyl (C=O) groups is 1. The summed E-state index contributed by atoms with van der Waals surface area (Å²) in [6.45, 7) is 8.01. The summed E-state index contributed by atoms with van der Waals surface area (Å²) in [5.41, 5.74) is 0.266. The highest BCUT2D eigenvalue weighted by atomic mass is 19.3. The molecule has 0 bridgehead atoms. The number of nitrogens with zero attached hydrogens (tertiary/aromatic N) is 8. The topological polar surface area (TPSA) is 98.9 Å². The standard InChI is InChI=1S/C31H46F2N10O/c1-39-15-17-41(18-16-39)27-10-14-42-30(37-27)25(19-35-42)31(44)36-26-21-43(38-28(26)29(32)33)24-5-3-23(4-6-24)20-40(2)13-9-22-7-11-34-12-8-22/h10,14,19,21-24,29,34H,3-9,11-13,15-18,20H2,1-2H3,(H,36,44). The van der Waals surface area contributed by atoms with Crippen LogP contribution in [0, 0.1) is 11.8 Å². The summed E-state index contributed by atoms with van der Waals surface area (Å²) >= 11 is 0. The summed E-state index contributed by atoms with van der Waals surface area (Å²) in [5, 5.41) is 14.7. The van der Waals surface area contributed by atoms with Crippen LogP contribution in [-0.4, -0.2) is 107 Å². The van der Waals surface area contributed by atoms with E-state index in [2.05, 4.69) is 49.6 Å². The van der Waals surface area contributed by atoms with E-state index in [0.29, 0.717) is 11.6 Å². The number of piperidine rings is 1. The molecule has 0 spiro atoms. The van der Waals surface area contributed by atoms with Gasteiger partial charge in [0.15, 0.2) is 11.3 Å². The van der Waals surface area contributed by atoms with E-state index in [1.807, 2.05) is 6.07 Å². The number of nitrogens with one attached hydrogen (secondary N) is 2. The minimum atomic E-state index is -2.80. The molecule has 6 rings (SSSR count). The molecule has 0 radical (unpaired) electrons. The highest BCUT2D eigenvalue weighted by Gasteiger charge is 2.28. The molecule has 3 aromatic rings. The quantitative estimate of drug-likeness (QED) is 0.356. The van der Waals surface area contributed by atoms with Crippen LogP contribution in [0.15, 0.2) is 24.7 Å². The van der Waals surface area contributed by atoms with Crippen LogP contribution in [-0.2, 0) is 0 Å². The Bertz CT molecular complexity index is 1390. The van der Waals surface area contributed by atoms with E-state index in [-0.39, 0.29) is 17.3 Å². The number of amides is 1. The lowest BCUT2D eigenvalue weighted by Crippen LogP contribution is -2.44. The van der Waals surface area contributed by atoms with E-state index < -0.39 is 18.0 Å². The van der Waals surface area contributed by atoms with Crippen LogP contribution in [0.2, 0.25) is 0 Å². The van der Waals surface area contributed by atoms with Gasteiger partial charge in [0.25, 0.3) is 12.3 Å². The number of anilines is 2. The van der Waals surface area contributed by atoms with Gasteiger partial charge in [-0.3, -0.25) is 9.48 Å². The van der Waals surface area contributed by atoms with Gasteiger partial charge in [0.05, 0.1) is 17.9 Å². The van der Waals surface area contributed by atoms with Crippen molar-refractivity contribution in [1.29, 1.82) is 0 Å². The fourth-order valence-electron chi connectivity index (χ4n) is 6.97. The normalized spacial score (nSPS) is 22.4. The molecule has 1 aliphatic carbocycles. The van der Waals surface area contributed by atoms with Crippen molar-refractivity contribution >= 4 is 23.1 Å². The maximum atomic E-state index is 14.1. The van der Waals surface area contributed by atoms with Gasteiger partial charge in [0.1, 0.15) is 11.4 Å². The second-order valence-electron chi connectivity index (χ2n) is 13.0. The first-order chi connectivity index (χ1) is 21.3. The second kappa shape index (κ2) is 13.9. The van der Waals surface area contributed by atoms with Gasteiger partial charge in [-0.25, -0.2) is 18.3 Å². The van der Waals surface area contributed by atoms with Gasteiger partial charge in [-0.05, 0) is 96.6 Å². The molecule has 5 heterocycles. The summed E-state index contributed by atoms with van der Waals surface area (Å²) < 4.78 is 31.3. The molecule has 2 saturated heterocycles. The molecule has 0 aromatic carbocycles. The summed E-state index contributed by atoms with van der Waals surface area (Å²) in [4.78, 5) is 25.0. The molecule has 13 heteroatoms. The maximum Gasteiger partial charge on any atom is 0.284 e. The molecule has 44 heavy (non-hydrogen) atoms. The van der Waals surface area contributed by atoms with Gasteiger partial charge in [-0.2, -0.15) is 10.2 Å². The Labute approximate surface area is 258 Å². The fourth-order valence-corrected chi connectivity index (χ4v) is 6.97. The molecular formula is C31H46F2N10O. The number of aromatic nitrogens is 5. The Balaban J connectivity index is 1.07. The highest BCUT2D eigenvalue weighted by molar-refractivity contribution is 6.08. The third-order valence-corrected chi connectivity index (χ3v) is 9.78. The molecule has 11 nitrogen and oxygen atoms in total. The number of carbonyl (C=O) groups excluding carboxylic acids is 1. The van der Waals surface area contributed by atoms with Gasteiger partial charge in [-0.1, -0.05) is 0 Å². The first-order valence-corrected chi connectivity index (χ1v) is 16.2. The summed E-state index contributed by atoms with van der Waals surface area (Å²) in [7, 11) is 4.31. The van der Waals surface area contributed by atoms with Crippen molar-refractivity contribution in [2.45, 2.75) is 57.4 Å². The monoisotopic (exact) mass is 612 g/mol. The predicted molar refractivity (Wildman–Crippen MR) is 167 cm³/mol. The number of hydrogen-bond acceptors (Lipinski definition) is 8. The molecular weight excluding hydrogens is 566 g/mol. The van der Waals surface area contributed by atoms with E-state index in [0.717, 1.165) is 89.8 Å². The molecule has 3 fully saturated rings. The van der Waals surface area contributed by atoms with Crippen molar-refractivity contribution in [3.63, 3.8) is 0 Å². The van der Waals surface area contributed by atoms with Gasteiger partial charge in [0.2, 0.25) is 0 Å². The highest BCUT2D eigenvalue weighted by Crippen LogP contribution is 2.35. The first-order valence-electron chi connectivity index (χ1n) is 16.2. The maximum absolute atomic E-state index is 14.1. The molecule has 2 N–H and O–H groups in total. The third-order valence-electron chi connectivity index (χ3n) is 9.78. The van der Waals surface area contributed by atoms with E-state index in [1.165, 1.54) is 30.0 Å². The molecule has 1 amide bonds. The van der Waals surface area contributed by atoms with Crippen molar-refractivity contribution in [1.82, 2.24) is 39.5 Å². The van der Waals surface area contributed by atoms with Crippen LogP contribution >= 0.6 is 0 Å². The van der Waals surface area contributed by atoms with Crippen LogP contribution in [0.5, 0.6) is 0 Å². The molecule has 240 valence electrons. The lowest BCUT2D eigenvalue weighted by Gasteiger charge is -2.33. The number of fused-ring (bicyclic) bond motifs is 1. The summed E-state index contributed by atoms with van der Waals surface area (Å²) in [6.07, 6.45) is 9.64. The van der Waals surface area contributed by atoms with Gasteiger partial charge in [0, 0.05) is 45.1 Å². The molecule has 2 aliphatic heterocycles. The number of hydrogen-bond donors (Lipinski definition) is 2. The Morgan fingerprint density at radius 3 is 2.57 bits per heavy atom. The number of rotatable bonds is 10. The Morgan fingerprint density at radius 1 is 1.09 bits per heavy atom. The largest absolute Gasteiger partial charge is 0.354 e. The van der Waals surface area contributed by atoms with E-state index >= 15 is 0 Å². The zero-order valence-corrected chi connectivity index (χ0v) is 26.0. The average molecular weight is 613 g/mol. The van der Waals surface area contributed by atoms with Crippen molar-refractivity contribution in [2.24, 2.45) is 11.8 Å². The molecule has 1 saturated carbocycles.